The summed E-state index contributed by atoms with van der Waals surface area (Å²) in [6.07, 6.45) is 3.18. The number of amides is 2. The monoisotopic (exact) mass is 454 g/mol. The van der Waals surface area contributed by atoms with Crippen molar-refractivity contribution in [1.29, 1.82) is 0 Å². The Morgan fingerprint density at radius 2 is 1.82 bits per heavy atom. The molecule has 2 heterocycles. The van der Waals surface area contributed by atoms with Crippen molar-refractivity contribution in [2.45, 2.75) is 50.9 Å². The van der Waals surface area contributed by atoms with E-state index in [2.05, 4.69) is 12.2 Å². The summed E-state index contributed by atoms with van der Waals surface area (Å²) < 4.78 is 30.4. The van der Waals surface area contributed by atoms with Crippen molar-refractivity contribution in [3.8, 4) is 11.5 Å². The fourth-order valence-corrected chi connectivity index (χ4v) is 4.87. The average molecular weight is 454 g/mol. The second kappa shape index (κ2) is 8.67. The summed E-state index contributed by atoms with van der Waals surface area (Å²) in [6.45, 7) is 2.79. The molecule has 1 atom stereocenters. The van der Waals surface area contributed by atoms with Crippen molar-refractivity contribution in [3.63, 3.8) is 0 Å². The first kappa shape index (κ1) is 21.7. The number of ether oxygens (including phenoxy) is 3. The lowest BCUT2D eigenvalue weighted by Gasteiger charge is -2.43. The van der Waals surface area contributed by atoms with Gasteiger partial charge in [-0.15, -0.1) is 0 Å². The third-order valence-electron chi connectivity index (χ3n) is 6.83. The maximum atomic E-state index is 13.5. The number of fused-ring (bicyclic) bond motifs is 1. The van der Waals surface area contributed by atoms with Gasteiger partial charge in [0.05, 0.1) is 6.61 Å². The predicted octanol–water partition coefficient (Wildman–Crippen LogP) is 3.62. The highest BCUT2D eigenvalue weighted by Gasteiger charge is 2.53. The standard InChI is InChI=1S/C25H27FN2O5/c1-16-8-10-25(11-9-16)28(24(30)18-3-5-19(26)6-4-18)20(14-33-25)23(29)27-13-17-2-7-21-22(12-17)32-15-31-21/h2-7,12,16,20H,8-11,13-15H2,1H3,(H,27,29)/t16?,20-,25?/m1/s1. The Balaban J connectivity index is 1.36. The van der Waals surface area contributed by atoms with Gasteiger partial charge in [-0.05, 0) is 73.6 Å². The molecule has 2 aliphatic heterocycles. The van der Waals surface area contributed by atoms with Crippen LogP contribution in [0.4, 0.5) is 4.39 Å². The maximum absolute atomic E-state index is 13.5. The van der Waals surface area contributed by atoms with Gasteiger partial charge in [0.1, 0.15) is 17.6 Å². The second-order valence-electron chi connectivity index (χ2n) is 9.04. The number of rotatable bonds is 4. The summed E-state index contributed by atoms with van der Waals surface area (Å²) in [6, 6.07) is 10.2. The molecule has 1 spiro atoms. The SMILES string of the molecule is CC1CCC2(CC1)OC[C@H](C(=O)NCc1ccc3c(c1)OCO3)N2C(=O)c1ccc(F)cc1. The summed E-state index contributed by atoms with van der Waals surface area (Å²) in [4.78, 5) is 28.4. The number of halogens is 1. The molecular formula is C25H27FN2O5. The molecule has 2 aromatic rings. The molecule has 7 nitrogen and oxygen atoms in total. The van der Waals surface area contributed by atoms with Crippen molar-refractivity contribution in [2.75, 3.05) is 13.4 Å². The number of nitrogens with one attached hydrogen (secondary N) is 1. The lowest BCUT2D eigenvalue weighted by atomic mass is 9.83. The van der Waals surface area contributed by atoms with E-state index in [0.717, 1.165) is 18.4 Å². The number of carbonyl (C=O) groups is 2. The predicted molar refractivity (Wildman–Crippen MR) is 117 cm³/mol. The molecule has 1 aliphatic carbocycles. The first-order valence-electron chi connectivity index (χ1n) is 11.3. The van der Waals surface area contributed by atoms with E-state index in [4.69, 9.17) is 14.2 Å². The molecule has 0 radical (unpaired) electrons. The van der Waals surface area contributed by atoms with Gasteiger partial charge in [0.2, 0.25) is 12.7 Å². The second-order valence-corrected chi connectivity index (χ2v) is 9.04. The number of nitrogens with zero attached hydrogens (tertiary/aromatic N) is 1. The highest BCUT2D eigenvalue weighted by molar-refractivity contribution is 5.98. The van der Waals surface area contributed by atoms with Gasteiger partial charge >= 0.3 is 0 Å². The Kier molecular flexibility index (Phi) is 5.70. The van der Waals surface area contributed by atoms with Crippen LogP contribution in [0, 0.1) is 11.7 Å². The fourth-order valence-electron chi connectivity index (χ4n) is 4.87. The lowest BCUT2D eigenvalue weighted by Crippen LogP contribution is -2.56. The number of hydrogen-bond donors (Lipinski definition) is 1. The van der Waals surface area contributed by atoms with Gasteiger partial charge in [-0.3, -0.25) is 14.5 Å². The van der Waals surface area contributed by atoms with Crippen LogP contribution in [0.2, 0.25) is 0 Å². The highest BCUT2D eigenvalue weighted by Crippen LogP contribution is 2.43. The van der Waals surface area contributed by atoms with Gasteiger partial charge in [-0.1, -0.05) is 13.0 Å². The molecule has 33 heavy (non-hydrogen) atoms. The van der Waals surface area contributed by atoms with Crippen LogP contribution in [0.5, 0.6) is 11.5 Å². The van der Waals surface area contributed by atoms with E-state index in [1.54, 1.807) is 4.90 Å². The zero-order valence-electron chi connectivity index (χ0n) is 18.5. The summed E-state index contributed by atoms with van der Waals surface area (Å²) in [5.41, 5.74) is 0.399. The topological polar surface area (TPSA) is 77.1 Å². The molecule has 0 bridgehead atoms. The summed E-state index contributed by atoms with van der Waals surface area (Å²) >= 11 is 0. The zero-order chi connectivity index (χ0) is 23.0. The molecule has 1 saturated heterocycles. The molecule has 2 amide bonds. The molecule has 2 aromatic carbocycles. The molecule has 5 rings (SSSR count). The first-order chi connectivity index (χ1) is 15.9. The quantitative estimate of drug-likeness (QED) is 0.764. The lowest BCUT2D eigenvalue weighted by molar-refractivity contribution is -0.128. The maximum Gasteiger partial charge on any atom is 0.256 e. The molecule has 0 unspecified atom stereocenters. The van der Waals surface area contributed by atoms with Crippen molar-refractivity contribution in [3.05, 3.63) is 59.4 Å². The molecule has 174 valence electrons. The van der Waals surface area contributed by atoms with Crippen molar-refractivity contribution in [1.82, 2.24) is 10.2 Å². The van der Waals surface area contributed by atoms with Crippen molar-refractivity contribution in [2.24, 2.45) is 5.92 Å². The van der Waals surface area contributed by atoms with Crippen molar-refractivity contribution >= 4 is 11.8 Å². The van der Waals surface area contributed by atoms with E-state index in [9.17, 15) is 14.0 Å². The minimum atomic E-state index is -0.807. The summed E-state index contributed by atoms with van der Waals surface area (Å²) in [5, 5.41) is 2.94. The zero-order valence-corrected chi connectivity index (χ0v) is 18.5. The molecule has 8 heteroatoms. The largest absolute Gasteiger partial charge is 0.454 e. The normalized spacial score (nSPS) is 25.9. The van der Waals surface area contributed by atoms with E-state index >= 15 is 0 Å². The Morgan fingerprint density at radius 3 is 2.58 bits per heavy atom. The van der Waals surface area contributed by atoms with E-state index in [-0.39, 0.29) is 31.8 Å². The van der Waals surface area contributed by atoms with Crippen LogP contribution in [0.3, 0.4) is 0 Å². The van der Waals surface area contributed by atoms with Crippen molar-refractivity contribution < 1.29 is 28.2 Å². The number of benzene rings is 2. The molecule has 3 aliphatic rings. The molecule has 1 N–H and O–H groups in total. The van der Waals surface area contributed by atoms with E-state index in [1.165, 1.54) is 24.3 Å². The van der Waals surface area contributed by atoms with E-state index in [1.807, 2.05) is 18.2 Å². The smallest absolute Gasteiger partial charge is 0.256 e. The van der Waals surface area contributed by atoms with E-state index in [0.29, 0.717) is 35.8 Å². The Labute approximate surface area is 191 Å². The molecule has 2 fully saturated rings. The van der Waals surface area contributed by atoms with Gasteiger partial charge < -0.3 is 19.5 Å². The molecule has 1 saturated carbocycles. The van der Waals surface area contributed by atoms with Crippen LogP contribution in [-0.2, 0) is 16.1 Å². The summed E-state index contributed by atoms with van der Waals surface area (Å²) in [7, 11) is 0. The minimum Gasteiger partial charge on any atom is -0.454 e. The first-order valence-corrected chi connectivity index (χ1v) is 11.3. The minimum absolute atomic E-state index is 0.133. The number of hydrogen-bond acceptors (Lipinski definition) is 5. The van der Waals surface area contributed by atoms with Gasteiger partial charge in [0, 0.05) is 12.1 Å². The third-order valence-corrected chi connectivity index (χ3v) is 6.83. The van der Waals surface area contributed by atoms with Gasteiger partial charge in [-0.25, -0.2) is 4.39 Å². The summed E-state index contributed by atoms with van der Waals surface area (Å²) in [5.74, 6) is 0.862. The van der Waals surface area contributed by atoms with Gasteiger partial charge in [0.25, 0.3) is 5.91 Å². The Morgan fingerprint density at radius 1 is 1.09 bits per heavy atom. The fraction of sp³-hybridized carbons (Fsp3) is 0.440. The van der Waals surface area contributed by atoms with E-state index < -0.39 is 17.6 Å². The number of carbonyl (C=O) groups excluding carboxylic acids is 2. The van der Waals surface area contributed by atoms with Crippen LogP contribution in [0.15, 0.2) is 42.5 Å². The molecular weight excluding hydrogens is 427 g/mol. The highest BCUT2D eigenvalue weighted by atomic mass is 19.1. The van der Waals surface area contributed by atoms with Gasteiger partial charge in [0.15, 0.2) is 11.5 Å². The van der Waals surface area contributed by atoms with Crippen LogP contribution in [0.1, 0.15) is 48.5 Å². The van der Waals surface area contributed by atoms with Crippen LogP contribution in [-0.4, -0.2) is 41.9 Å². The third kappa shape index (κ3) is 4.15. The molecule has 0 aromatic heterocycles. The van der Waals surface area contributed by atoms with Crippen LogP contribution < -0.4 is 14.8 Å². The van der Waals surface area contributed by atoms with Crippen LogP contribution >= 0.6 is 0 Å². The van der Waals surface area contributed by atoms with Crippen LogP contribution in [0.25, 0.3) is 0 Å². The average Bonchev–Trinajstić information content (AvgIpc) is 3.44. The van der Waals surface area contributed by atoms with Gasteiger partial charge in [-0.2, -0.15) is 0 Å². The Bertz CT molecular complexity index is 1050. The Hall–Kier alpha value is -3.13.